The average molecular weight is 221 g/mol. The first-order valence-electron chi connectivity index (χ1n) is 4.85. The van der Waals surface area contributed by atoms with Gasteiger partial charge in [0, 0.05) is 13.5 Å². The van der Waals surface area contributed by atoms with E-state index in [1.165, 1.54) is 6.92 Å². The molecule has 0 heterocycles. The number of aliphatic hydroxyl groups excluding tert-OH is 3. The number of rotatable bonds is 7. The number of ether oxygens (including phenoxy) is 1. The van der Waals surface area contributed by atoms with Crippen LogP contribution in [0.3, 0.4) is 0 Å². The third-order valence-corrected chi connectivity index (χ3v) is 1.99. The molecule has 15 heavy (non-hydrogen) atoms. The molecule has 6 nitrogen and oxygen atoms in total. The van der Waals surface area contributed by atoms with Crippen molar-refractivity contribution in [3.63, 3.8) is 0 Å². The number of esters is 1. The van der Waals surface area contributed by atoms with E-state index in [2.05, 4.69) is 4.74 Å². The van der Waals surface area contributed by atoms with Gasteiger partial charge in [-0.05, 0) is 12.8 Å². The molecule has 0 amide bonds. The summed E-state index contributed by atoms with van der Waals surface area (Å²) in [5.74, 6) is -0.563. The zero-order chi connectivity index (χ0) is 11.8. The minimum absolute atomic E-state index is 0.115. The fourth-order valence-corrected chi connectivity index (χ4v) is 1.12. The molecule has 0 aromatic rings. The Bertz CT molecular complexity index is 187. The second kappa shape index (κ2) is 7.58. The highest BCUT2D eigenvalue weighted by Crippen LogP contribution is 2.08. The van der Waals surface area contributed by atoms with Crippen molar-refractivity contribution >= 4 is 5.97 Å². The minimum atomic E-state index is -0.986. The van der Waals surface area contributed by atoms with Crippen LogP contribution in [0.5, 0.6) is 0 Å². The van der Waals surface area contributed by atoms with Gasteiger partial charge >= 0.3 is 5.97 Å². The van der Waals surface area contributed by atoms with Crippen molar-refractivity contribution in [3.05, 3.63) is 0 Å². The number of hydrogen-bond donors (Lipinski definition) is 4. The van der Waals surface area contributed by atoms with Crippen LogP contribution in [0, 0.1) is 0 Å². The number of nitrogens with two attached hydrogens (primary N) is 1. The van der Waals surface area contributed by atoms with Crippen LogP contribution in [0.4, 0.5) is 0 Å². The molecule has 3 atom stereocenters. The van der Waals surface area contributed by atoms with E-state index in [0.29, 0.717) is 6.42 Å². The van der Waals surface area contributed by atoms with Gasteiger partial charge in [0.05, 0.1) is 18.8 Å². The first-order valence-corrected chi connectivity index (χ1v) is 4.85. The highest BCUT2D eigenvalue weighted by molar-refractivity contribution is 5.66. The summed E-state index contributed by atoms with van der Waals surface area (Å²) in [4.78, 5) is 10.6. The van der Waals surface area contributed by atoms with Gasteiger partial charge in [-0.3, -0.25) is 4.79 Å². The van der Waals surface area contributed by atoms with Gasteiger partial charge in [0.2, 0.25) is 0 Å². The van der Waals surface area contributed by atoms with Gasteiger partial charge in [-0.1, -0.05) is 0 Å². The Labute approximate surface area is 88.7 Å². The lowest BCUT2D eigenvalue weighted by Gasteiger charge is -2.21. The number of carbonyl (C=O) groups is 1. The third kappa shape index (κ3) is 6.40. The Morgan fingerprint density at radius 2 is 2.00 bits per heavy atom. The van der Waals surface area contributed by atoms with E-state index in [4.69, 9.17) is 15.9 Å². The standard InChI is InChI=1S/C9H19NO5/c1-6(12)15-9(5-11)8(14)3-2-7(13)4-10/h7-9,11,13-14H,2-5,10H2,1H3/t7?,8-,9+/m0/s1. The van der Waals surface area contributed by atoms with E-state index < -0.39 is 30.9 Å². The van der Waals surface area contributed by atoms with Gasteiger partial charge < -0.3 is 25.8 Å². The summed E-state index contributed by atoms with van der Waals surface area (Å²) in [5, 5.41) is 27.5. The second-order valence-corrected chi connectivity index (χ2v) is 3.36. The van der Waals surface area contributed by atoms with Crippen molar-refractivity contribution < 1.29 is 24.9 Å². The molecule has 0 aliphatic rings. The van der Waals surface area contributed by atoms with E-state index in [1.54, 1.807) is 0 Å². The molecule has 0 aliphatic carbocycles. The molecule has 0 bridgehead atoms. The molecule has 0 spiro atoms. The van der Waals surface area contributed by atoms with Crippen LogP contribution in [0.15, 0.2) is 0 Å². The fraction of sp³-hybridized carbons (Fsp3) is 0.889. The van der Waals surface area contributed by atoms with E-state index in [1.807, 2.05) is 0 Å². The van der Waals surface area contributed by atoms with Crippen molar-refractivity contribution in [2.24, 2.45) is 5.73 Å². The Balaban J connectivity index is 3.92. The predicted octanol–water partition coefficient (Wildman–Crippen LogP) is -1.63. The summed E-state index contributed by atoms with van der Waals surface area (Å²) in [6, 6.07) is 0. The molecule has 0 saturated carbocycles. The lowest BCUT2D eigenvalue weighted by Crippen LogP contribution is -2.35. The molecule has 0 aromatic heterocycles. The molecule has 0 aromatic carbocycles. The van der Waals surface area contributed by atoms with Crippen molar-refractivity contribution in [3.8, 4) is 0 Å². The van der Waals surface area contributed by atoms with Crippen LogP contribution in [0.2, 0.25) is 0 Å². The van der Waals surface area contributed by atoms with E-state index >= 15 is 0 Å². The maximum atomic E-state index is 10.6. The molecule has 1 unspecified atom stereocenters. The predicted molar refractivity (Wildman–Crippen MR) is 52.9 cm³/mol. The zero-order valence-corrected chi connectivity index (χ0v) is 8.80. The summed E-state index contributed by atoms with van der Waals surface area (Å²) >= 11 is 0. The van der Waals surface area contributed by atoms with E-state index in [0.717, 1.165) is 0 Å². The molecular formula is C9H19NO5. The molecule has 6 heteroatoms. The third-order valence-electron chi connectivity index (χ3n) is 1.99. The molecule has 90 valence electrons. The van der Waals surface area contributed by atoms with Gasteiger partial charge in [0.15, 0.2) is 6.10 Å². The topological polar surface area (TPSA) is 113 Å². The molecule has 0 radical (unpaired) electrons. The van der Waals surface area contributed by atoms with Crippen LogP contribution in [0.1, 0.15) is 19.8 Å². The van der Waals surface area contributed by atoms with Crippen LogP contribution < -0.4 is 5.73 Å². The SMILES string of the molecule is CC(=O)O[C@H](CO)[C@@H](O)CCC(O)CN. The van der Waals surface area contributed by atoms with E-state index in [-0.39, 0.29) is 13.0 Å². The first kappa shape index (κ1) is 14.3. The van der Waals surface area contributed by atoms with Gasteiger partial charge in [-0.25, -0.2) is 0 Å². The Kier molecular flexibility index (Phi) is 7.23. The summed E-state index contributed by atoms with van der Waals surface area (Å²) in [6.07, 6.45) is -2.09. The Hall–Kier alpha value is -0.690. The summed E-state index contributed by atoms with van der Waals surface area (Å²) in [7, 11) is 0. The molecule has 0 rings (SSSR count). The average Bonchev–Trinajstić information content (AvgIpc) is 2.21. The molecule has 0 saturated heterocycles. The second-order valence-electron chi connectivity index (χ2n) is 3.36. The lowest BCUT2D eigenvalue weighted by molar-refractivity contribution is -0.155. The Morgan fingerprint density at radius 1 is 1.40 bits per heavy atom. The lowest BCUT2D eigenvalue weighted by atomic mass is 10.1. The van der Waals surface area contributed by atoms with Crippen molar-refractivity contribution in [1.82, 2.24) is 0 Å². The molecular weight excluding hydrogens is 202 g/mol. The maximum absolute atomic E-state index is 10.6. The highest BCUT2D eigenvalue weighted by Gasteiger charge is 2.21. The fourth-order valence-electron chi connectivity index (χ4n) is 1.12. The van der Waals surface area contributed by atoms with Crippen molar-refractivity contribution in [2.45, 2.75) is 38.1 Å². The van der Waals surface area contributed by atoms with Crippen LogP contribution in [-0.4, -0.2) is 52.8 Å². The van der Waals surface area contributed by atoms with Crippen LogP contribution >= 0.6 is 0 Å². The van der Waals surface area contributed by atoms with Gasteiger partial charge in [0.1, 0.15) is 0 Å². The minimum Gasteiger partial charge on any atom is -0.457 e. The number of hydrogen-bond acceptors (Lipinski definition) is 6. The van der Waals surface area contributed by atoms with Crippen LogP contribution in [-0.2, 0) is 9.53 Å². The quantitative estimate of drug-likeness (QED) is 0.384. The van der Waals surface area contributed by atoms with Gasteiger partial charge in [-0.15, -0.1) is 0 Å². The zero-order valence-electron chi connectivity index (χ0n) is 8.80. The monoisotopic (exact) mass is 221 g/mol. The smallest absolute Gasteiger partial charge is 0.303 e. The summed E-state index contributed by atoms with van der Waals surface area (Å²) in [5.41, 5.74) is 5.18. The maximum Gasteiger partial charge on any atom is 0.303 e. The largest absolute Gasteiger partial charge is 0.457 e. The summed E-state index contributed by atoms with van der Waals surface area (Å²) < 4.78 is 4.68. The number of aliphatic hydroxyl groups is 3. The van der Waals surface area contributed by atoms with Crippen LogP contribution in [0.25, 0.3) is 0 Å². The molecule has 0 aliphatic heterocycles. The molecule has 5 N–H and O–H groups in total. The van der Waals surface area contributed by atoms with Gasteiger partial charge in [0.25, 0.3) is 0 Å². The van der Waals surface area contributed by atoms with E-state index in [9.17, 15) is 9.90 Å². The highest BCUT2D eigenvalue weighted by atomic mass is 16.6. The summed E-state index contributed by atoms with van der Waals surface area (Å²) in [6.45, 7) is 0.869. The first-order chi connectivity index (χ1) is 7.01. The van der Waals surface area contributed by atoms with Crippen molar-refractivity contribution in [2.75, 3.05) is 13.2 Å². The Morgan fingerprint density at radius 3 is 2.40 bits per heavy atom. The normalized spacial score (nSPS) is 16.9. The number of carbonyl (C=O) groups excluding carboxylic acids is 1. The van der Waals surface area contributed by atoms with Gasteiger partial charge in [-0.2, -0.15) is 0 Å². The van der Waals surface area contributed by atoms with Crippen molar-refractivity contribution in [1.29, 1.82) is 0 Å². The molecule has 0 fully saturated rings.